The fourth-order valence-corrected chi connectivity index (χ4v) is 3.58. The van der Waals surface area contributed by atoms with Crippen LogP contribution in [0.25, 0.3) is 0 Å². The van der Waals surface area contributed by atoms with Crippen molar-refractivity contribution in [3.05, 3.63) is 32.2 Å². The van der Waals surface area contributed by atoms with Gasteiger partial charge in [-0.15, -0.1) is 0 Å². The smallest absolute Gasteiger partial charge is 0.336 e. The molecule has 4 heteroatoms. The van der Waals surface area contributed by atoms with Gasteiger partial charge in [-0.2, -0.15) is 0 Å². The number of hydrogen-bond donors (Lipinski definition) is 1. The van der Waals surface area contributed by atoms with Gasteiger partial charge in [0.05, 0.1) is 5.56 Å². The van der Waals surface area contributed by atoms with Crippen LogP contribution in [-0.4, -0.2) is 11.1 Å². The van der Waals surface area contributed by atoms with Gasteiger partial charge < -0.3 is 5.11 Å². The lowest BCUT2D eigenvalue weighted by Crippen LogP contribution is -2.01. The maximum absolute atomic E-state index is 11.1. The Hall–Kier alpha value is -0.350. The third kappa shape index (κ3) is 5.27. The van der Waals surface area contributed by atoms with E-state index in [0.717, 1.165) is 22.9 Å². The van der Waals surface area contributed by atoms with Crippen LogP contribution in [-0.2, 0) is 6.42 Å². The van der Waals surface area contributed by atoms with Crippen LogP contribution in [0.1, 0.15) is 61.4 Å². The van der Waals surface area contributed by atoms with Crippen molar-refractivity contribution in [2.45, 2.75) is 51.9 Å². The number of unbranched alkanes of at least 4 members (excludes halogenated alkanes) is 5. The second-order valence-electron chi connectivity index (χ2n) is 4.71. The summed E-state index contributed by atoms with van der Waals surface area (Å²) in [5.41, 5.74) is 1.40. The highest BCUT2D eigenvalue weighted by Gasteiger charge is 2.14. The summed E-state index contributed by atoms with van der Waals surface area (Å²) in [4.78, 5) is 11.1. The molecule has 0 aliphatic heterocycles. The van der Waals surface area contributed by atoms with Gasteiger partial charge >= 0.3 is 5.97 Å². The highest BCUT2D eigenvalue weighted by atomic mass is 79.9. The van der Waals surface area contributed by atoms with Gasteiger partial charge in [0, 0.05) is 8.95 Å². The summed E-state index contributed by atoms with van der Waals surface area (Å²) >= 11 is 6.92. The Balaban J connectivity index is 2.57. The van der Waals surface area contributed by atoms with Gasteiger partial charge in [0.15, 0.2) is 0 Å². The largest absolute Gasteiger partial charge is 0.478 e. The molecule has 1 rings (SSSR count). The predicted molar refractivity (Wildman–Crippen MR) is 85.9 cm³/mol. The first-order chi connectivity index (χ1) is 9.07. The quantitative estimate of drug-likeness (QED) is 0.567. The van der Waals surface area contributed by atoms with Crippen molar-refractivity contribution in [2.24, 2.45) is 0 Å². The standard InChI is InChI=1S/C15H20Br2O2/c1-2-3-4-5-6-7-8-11-13(16)10-9-12(14(11)17)15(18)19/h9-10H,2-8H2,1H3,(H,18,19). The molecule has 0 aromatic heterocycles. The maximum atomic E-state index is 11.1. The minimum Gasteiger partial charge on any atom is -0.478 e. The first kappa shape index (κ1) is 16.7. The van der Waals surface area contributed by atoms with Gasteiger partial charge in [-0.1, -0.05) is 55.0 Å². The lowest BCUT2D eigenvalue weighted by atomic mass is 10.0. The number of carboxylic acid groups (broad SMARTS) is 1. The Bertz CT molecular complexity index is 430. The average Bonchev–Trinajstić information content (AvgIpc) is 2.36. The van der Waals surface area contributed by atoms with E-state index in [9.17, 15) is 4.79 Å². The molecule has 0 fully saturated rings. The second kappa shape index (κ2) is 8.75. The third-order valence-corrected chi connectivity index (χ3v) is 4.85. The topological polar surface area (TPSA) is 37.3 Å². The number of carboxylic acids is 1. The summed E-state index contributed by atoms with van der Waals surface area (Å²) in [5.74, 6) is -0.886. The molecule has 19 heavy (non-hydrogen) atoms. The Kier molecular flexibility index (Phi) is 7.69. The monoisotopic (exact) mass is 390 g/mol. The molecule has 1 aromatic rings. The second-order valence-corrected chi connectivity index (χ2v) is 6.36. The summed E-state index contributed by atoms with van der Waals surface area (Å²) in [5, 5.41) is 9.10. The average molecular weight is 392 g/mol. The first-order valence-electron chi connectivity index (χ1n) is 6.78. The van der Waals surface area contributed by atoms with E-state index in [2.05, 4.69) is 38.8 Å². The van der Waals surface area contributed by atoms with Crippen LogP contribution < -0.4 is 0 Å². The predicted octanol–water partition coefficient (Wildman–Crippen LogP) is 5.81. The number of aromatic carboxylic acids is 1. The van der Waals surface area contributed by atoms with Crippen molar-refractivity contribution < 1.29 is 9.90 Å². The van der Waals surface area contributed by atoms with Crippen LogP contribution >= 0.6 is 31.9 Å². The summed E-state index contributed by atoms with van der Waals surface area (Å²) in [6.45, 7) is 2.21. The van der Waals surface area contributed by atoms with Gasteiger partial charge in [0.25, 0.3) is 0 Å². The Morgan fingerprint density at radius 2 is 1.74 bits per heavy atom. The summed E-state index contributed by atoms with van der Waals surface area (Å²) in [7, 11) is 0. The Labute approximate surface area is 131 Å². The third-order valence-electron chi connectivity index (χ3n) is 3.20. The van der Waals surface area contributed by atoms with Crippen LogP contribution in [0.4, 0.5) is 0 Å². The van der Waals surface area contributed by atoms with E-state index in [1.54, 1.807) is 6.07 Å². The van der Waals surface area contributed by atoms with Crippen molar-refractivity contribution >= 4 is 37.8 Å². The van der Waals surface area contributed by atoms with Crippen LogP contribution in [0, 0.1) is 0 Å². The van der Waals surface area contributed by atoms with E-state index in [-0.39, 0.29) is 0 Å². The van der Waals surface area contributed by atoms with Crippen LogP contribution in [0.15, 0.2) is 21.1 Å². The van der Waals surface area contributed by atoms with Crippen molar-refractivity contribution in [3.8, 4) is 0 Å². The van der Waals surface area contributed by atoms with Gasteiger partial charge in [-0.25, -0.2) is 4.79 Å². The summed E-state index contributed by atoms with van der Waals surface area (Å²) in [6.07, 6.45) is 8.35. The highest BCUT2D eigenvalue weighted by molar-refractivity contribution is 9.11. The van der Waals surface area contributed by atoms with Gasteiger partial charge in [-0.3, -0.25) is 0 Å². The van der Waals surface area contributed by atoms with E-state index in [0.29, 0.717) is 10.0 Å². The zero-order chi connectivity index (χ0) is 14.3. The van der Waals surface area contributed by atoms with Crippen molar-refractivity contribution in [3.63, 3.8) is 0 Å². The zero-order valence-electron chi connectivity index (χ0n) is 11.2. The molecule has 0 aliphatic rings. The van der Waals surface area contributed by atoms with E-state index < -0.39 is 5.97 Å². The number of benzene rings is 1. The maximum Gasteiger partial charge on any atom is 0.336 e. The fraction of sp³-hybridized carbons (Fsp3) is 0.533. The van der Waals surface area contributed by atoms with Gasteiger partial charge in [-0.05, 0) is 46.5 Å². The van der Waals surface area contributed by atoms with Crippen molar-refractivity contribution in [2.75, 3.05) is 0 Å². The van der Waals surface area contributed by atoms with E-state index in [4.69, 9.17) is 5.11 Å². The Morgan fingerprint density at radius 3 is 2.37 bits per heavy atom. The van der Waals surface area contributed by atoms with Gasteiger partial charge in [0.1, 0.15) is 0 Å². The molecule has 0 unspecified atom stereocenters. The molecule has 0 saturated heterocycles. The van der Waals surface area contributed by atoms with Gasteiger partial charge in [0.2, 0.25) is 0 Å². The molecule has 0 atom stereocenters. The van der Waals surface area contributed by atoms with E-state index >= 15 is 0 Å². The summed E-state index contributed by atoms with van der Waals surface area (Å²) < 4.78 is 1.70. The molecule has 2 nitrogen and oxygen atoms in total. The lowest BCUT2D eigenvalue weighted by molar-refractivity contribution is 0.0695. The van der Waals surface area contributed by atoms with Crippen LogP contribution in [0.2, 0.25) is 0 Å². The molecule has 1 aromatic carbocycles. The molecule has 106 valence electrons. The molecular weight excluding hydrogens is 372 g/mol. The SMILES string of the molecule is CCCCCCCCc1c(Br)ccc(C(=O)O)c1Br. The van der Waals surface area contributed by atoms with Crippen LogP contribution in [0.5, 0.6) is 0 Å². The molecule has 0 saturated carbocycles. The lowest BCUT2D eigenvalue weighted by Gasteiger charge is -2.10. The molecule has 0 heterocycles. The number of rotatable bonds is 8. The fourth-order valence-electron chi connectivity index (χ4n) is 2.07. The molecule has 0 radical (unpaired) electrons. The molecule has 0 spiro atoms. The molecule has 1 N–H and O–H groups in total. The van der Waals surface area contributed by atoms with Crippen molar-refractivity contribution in [1.82, 2.24) is 0 Å². The van der Waals surface area contributed by atoms with E-state index in [1.807, 2.05) is 6.07 Å². The Morgan fingerprint density at radius 1 is 1.11 bits per heavy atom. The molecular formula is C15H20Br2O2. The number of hydrogen-bond acceptors (Lipinski definition) is 1. The first-order valence-corrected chi connectivity index (χ1v) is 8.36. The minimum absolute atomic E-state index is 0.337. The minimum atomic E-state index is -0.886. The molecule has 0 aliphatic carbocycles. The van der Waals surface area contributed by atoms with Crippen LogP contribution in [0.3, 0.4) is 0 Å². The highest BCUT2D eigenvalue weighted by Crippen LogP contribution is 2.30. The van der Waals surface area contributed by atoms with E-state index in [1.165, 1.54) is 32.1 Å². The molecule has 0 amide bonds. The van der Waals surface area contributed by atoms with Crippen molar-refractivity contribution in [1.29, 1.82) is 0 Å². The normalized spacial score (nSPS) is 10.7. The zero-order valence-corrected chi connectivity index (χ0v) is 14.4. The number of carbonyl (C=O) groups is 1. The summed E-state index contributed by atoms with van der Waals surface area (Å²) in [6, 6.07) is 3.45. The molecule has 0 bridgehead atoms. The number of halogens is 2.